The Morgan fingerprint density at radius 3 is 2.29 bits per heavy atom. The summed E-state index contributed by atoms with van der Waals surface area (Å²) in [6.07, 6.45) is 1.99. The summed E-state index contributed by atoms with van der Waals surface area (Å²) in [6.45, 7) is 6.82. The molecule has 1 rings (SSSR count). The fourth-order valence-corrected chi connectivity index (χ4v) is 2.16. The molecule has 0 aromatic heterocycles. The van der Waals surface area contributed by atoms with E-state index < -0.39 is 0 Å². The summed E-state index contributed by atoms with van der Waals surface area (Å²) in [7, 11) is 0. The number of aliphatic hydroxyl groups excluding tert-OH is 1. The number of hydrogen-bond donors (Lipinski definition) is 2. The molecule has 1 aromatic rings. The average molecular weight is 235 g/mol. The van der Waals surface area contributed by atoms with Gasteiger partial charge in [-0.1, -0.05) is 51.1 Å². The Labute approximate surface area is 105 Å². The molecule has 2 atom stereocenters. The summed E-state index contributed by atoms with van der Waals surface area (Å²) in [4.78, 5) is 0. The highest BCUT2D eigenvalue weighted by Gasteiger charge is 2.16. The highest BCUT2D eigenvalue weighted by molar-refractivity contribution is 5.15. The zero-order valence-corrected chi connectivity index (χ0v) is 11.2. The van der Waals surface area contributed by atoms with Gasteiger partial charge < -0.3 is 10.4 Å². The lowest BCUT2D eigenvalue weighted by Crippen LogP contribution is -2.44. The molecule has 2 heteroatoms. The first-order chi connectivity index (χ1) is 8.17. The molecule has 0 fully saturated rings. The first-order valence-corrected chi connectivity index (χ1v) is 6.58. The van der Waals surface area contributed by atoms with E-state index >= 15 is 0 Å². The second kappa shape index (κ2) is 7.46. The van der Waals surface area contributed by atoms with Gasteiger partial charge in [-0.15, -0.1) is 0 Å². The Kier molecular flexibility index (Phi) is 6.23. The summed E-state index contributed by atoms with van der Waals surface area (Å²) in [6, 6.07) is 11.0. The van der Waals surface area contributed by atoms with Crippen LogP contribution in [0.2, 0.25) is 0 Å². The Bertz CT molecular complexity index is 297. The van der Waals surface area contributed by atoms with Gasteiger partial charge in [0.25, 0.3) is 0 Å². The third-order valence-corrected chi connectivity index (χ3v) is 3.24. The van der Waals surface area contributed by atoms with E-state index in [2.05, 4.69) is 38.2 Å². The van der Waals surface area contributed by atoms with E-state index in [9.17, 15) is 5.11 Å². The molecule has 2 N–H and O–H groups in total. The van der Waals surface area contributed by atoms with E-state index in [1.54, 1.807) is 0 Å². The maximum Gasteiger partial charge on any atom is 0.0587 e. The van der Waals surface area contributed by atoms with Gasteiger partial charge in [0.1, 0.15) is 0 Å². The second-order valence-corrected chi connectivity index (χ2v) is 4.99. The molecule has 0 radical (unpaired) electrons. The largest absolute Gasteiger partial charge is 0.395 e. The minimum Gasteiger partial charge on any atom is -0.395 e. The van der Waals surface area contributed by atoms with Crippen LogP contribution in [0.25, 0.3) is 0 Å². The number of nitrogens with one attached hydrogen (secondary N) is 1. The van der Waals surface area contributed by atoms with E-state index in [1.165, 1.54) is 5.56 Å². The summed E-state index contributed by atoms with van der Waals surface area (Å²) in [5.41, 5.74) is 1.28. The molecular formula is C15H25NO. The van der Waals surface area contributed by atoms with E-state index in [1.807, 2.05) is 18.2 Å². The van der Waals surface area contributed by atoms with Crippen LogP contribution in [-0.2, 0) is 6.42 Å². The fraction of sp³-hybridized carbons (Fsp3) is 0.600. The molecule has 17 heavy (non-hydrogen) atoms. The SMILES string of the molecule is CCC(N[C@@H](CO)Cc1ccccc1)C(C)C. The topological polar surface area (TPSA) is 32.3 Å². The van der Waals surface area contributed by atoms with Crippen LogP contribution in [-0.4, -0.2) is 23.8 Å². The summed E-state index contributed by atoms with van der Waals surface area (Å²) in [5.74, 6) is 0.602. The maximum absolute atomic E-state index is 9.45. The average Bonchev–Trinajstić information content (AvgIpc) is 2.35. The quantitative estimate of drug-likeness (QED) is 0.761. The lowest BCUT2D eigenvalue weighted by atomic mass is 9.99. The van der Waals surface area contributed by atoms with Gasteiger partial charge in [-0.2, -0.15) is 0 Å². The van der Waals surface area contributed by atoms with Crippen molar-refractivity contribution in [2.24, 2.45) is 5.92 Å². The molecule has 0 spiro atoms. The Morgan fingerprint density at radius 2 is 1.82 bits per heavy atom. The minimum atomic E-state index is 0.157. The molecule has 2 nitrogen and oxygen atoms in total. The first kappa shape index (κ1) is 14.2. The molecule has 0 aliphatic rings. The van der Waals surface area contributed by atoms with Crippen molar-refractivity contribution in [3.63, 3.8) is 0 Å². The molecule has 0 heterocycles. The highest BCUT2D eigenvalue weighted by atomic mass is 16.3. The van der Waals surface area contributed by atoms with Crippen molar-refractivity contribution < 1.29 is 5.11 Å². The third-order valence-electron chi connectivity index (χ3n) is 3.24. The van der Waals surface area contributed by atoms with Crippen molar-refractivity contribution >= 4 is 0 Å². The molecule has 1 aromatic carbocycles. The van der Waals surface area contributed by atoms with Crippen molar-refractivity contribution in [1.29, 1.82) is 0 Å². The second-order valence-electron chi connectivity index (χ2n) is 4.99. The monoisotopic (exact) mass is 235 g/mol. The van der Waals surface area contributed by atoms with E-state index in [0.29, 0.717) is 12.0 Å². The van der Waals surface area contributed by atoms with Crippen LogP contribution < -0.4 is 5.32 Å². The summed E-state index contributed by atoms with van der Waals surface area (Å²) >= 11 is 0. The van der Waals surface area contributed by atoms with Crippen LogP contribution in [0.1, 0.15) is 32.8 Å². The summed E-state index contributed by atoms with van der Waals surface area (Å²) in [5, 5.41) is 13.0. The van der Waals surface area contributed by atoms with Gasteiger partial charge in [0, 0.05) is 12.1 Å². The van der Waals surface area contributed by atoms with Gasteiger partial charge in [0.2, 0.25) is 0 Å². The molecule has 0 bridgehead atoms. The highest BCUT2D eigenvalue weighted by Crippen LogP contribution is 2.09. The molecule has 0 saturated heterocycles. The first-order valence-electron chi connectivity index (χ1n) is 6.58. The van der Waals surface area contributed by atoms with Gasteiger partial charge in [0.05, 0.1) is 6.61 Å². The third kappa shape index (κ3) is 4.88. The van der Waals surface area contributed by atoms with Gasteiger partial charge >= 0.3 is 0 Å². The van der Waals surface area contributed by atoms with Crippen LogP contribution in [0.5, 0.6) is 0 Å². The maximum atomic E-state index is 9.45. The van der Waals surface area contributed by atoms with Crippen molar-refractivity contribution in [2.45, 2.75) is 45.7 Å². The molecule has 0 aliphatic carbocycles. The Balaban J connectivity index is 2.54. The number of aliphatic hydroxyl groups is 1. The molecule has 0 aliphatic heterocycles. The van der Waals surface area contributed by atoms with Gasteiger partial charge in [-0.25, -0.2) is 0 Å². The summed E-state index contributed by atoms with van der Waals surface area (Å²) < 4.78 is 0. The van der Waals surface area contributed by atoms with E-state index in [0.717, 1.165) is 12.8 Å². The van der Waals surface area contributed by atoms with Crippen molar-refractivity contribution in [3.8, 4) is 0 Å². The lowest BCUT2D eigenvalue weighted by molar-refractivity contribution is 0.216. The van der Waals surface area contributed by atoms with Crippen LogP contribution in [0.15, 0.2) is 30.3 Å². The number of rotatable bonds is 7. The fourth-order valence-electron chi connectivity index (χ4n) is 2.16. The minimum absolute atomic E-state index is 0.157. The van der Waals surface area contributed by atoms with E-state index in [-0.39, 0.29) is 12.6 Å². The zero-order valence-electron chi connectivity index (χ0n) is 11.2. The van der Waals surface area contributed by atoms with Gasteiger partial charge in [-0.3, -0.25) is 0 Å². The Morgan fingerprint density at radius 1 is 1.18 bits per heavy atom. The van der Waals surface area contributed by atoms with Crippen LogP contribution >= 0.6 is 0 Å². The van der Waals surface area contributed by atoms with Crippen LogP contribution in [0.4, 0.5) is 0 Å². The van der Waals surface area contributed by atoms with Gasteiger partial charge in [-0.05, 0) is 24.3 Å². The molecule has 96 valence electrons. The standard InChI is InChI=1S/C15H25NO/c1-4-15(12(2)3)16-14(11-17)10-13-8-6-5-7-9-13/h5-9,12,14-17H,4,10-11H2,1-3H3/t14-,15?/m1/s1. The lowest BCUT2D eigenvalue weighted by Gasteiger charge is -2.26. The van der Waals surface area contributed by atoms with Gasteiger partial charge in [0.15, 0.2) is 0 Å². The van der Waals surface area contributed by atoms with Crippen LogP contribution in [0.3, 0.4) is 0 Å². The zero-order chi connectivity index (χ0) is 12.7. The molecular weight excluding hydrogens is 210 g/mol. The van der Waals surface area contributed by atoms with Crippen LogP contribution in [0, 0.1) is 5.92 Å². The molecule has 0 amide bonds. The van der Waals surface area contributed by atoms with Crippen molar-refractivity contribution in [3.05, 3.63) is 35.9 Å². The van der Waals surface area contributed by atoms with Crippen molar-refractivity contribution in [1.82, 2.24) is 5.32 Å². The molecule has 0 saturated carbocycles. The normalized spacial score (nSPS) is 14.9. The number of hydrogen-bond acceptors (Lipinski definition) is 2. The Hall–Kier alpha value is -0.860. The predicted molar refractivity (Wildman–Crippen MR) is 73.1 cm³/mol. The smallest absolute Gasteiger partial charge is 0.0587 e. The predicted octanol–water partition coefficient (Wildman–Crippen LogP) is 2.61. The molecule has 1 unspecified atom stereocenters. The van der Waals surface area contributed by atoms with Crippen molar-refractivity contribution in [2.75, 3.05) is 6.61 Å². The number of benzene rings is 1. The van der Waals surface area contributed by atoms with E-state index in [4.69, 9.17) is 0 Å².